The number of hydrogen-bond donors (Lipinski definition) is 1. The Morgan fingerprint density at radius 1 is 1.15 bits per heavy atom. The number of aliphatic hydroxyl groups is 1. The number of carbonyl (C=O) groups is 3. The highest BCUT2D eigenvalue weighted by molar-refractivity contribution is 6.02. The van der Waals surface area contributed by atoms with Gasteiger partial charge < -0.3 is 19.8 Å². The minimum atomic E-state index is -0.330. The Balaban J connectivity index is 1.44. The smallest absolute Gasteiger partial charge is 0.255 e. The molecule has 0 unspecified atom stereocenters. The molecule has 0 aromatic heterocycles. The third-order valence-corrected chi connectivity index (χ3v) is 5.50. The highest BCUT2D eigenvalue weighted by Crippen LogP contribution is 2.29. The molecule has 0 saturated carbocycles. The van der Waals surface area contributed by atoms with E-state index in [9.17, 15) is 19.5 Å². The largest absolute Gasteiger partial charge is 0.393 e. The van der Waals surface area contributed by atoms with Crippen LogP contribution in [0.5, 0.6) is 0 Å². The standard InChI is InChI=1S/C19H23N3O4/c23-15-5-8-20(9-6-15)18(25)12-21-11-13-3-4-14(10-16(13)19(21)26)22-7-1-2-17(22)24/h3-4,10,15,23H,1-2,5-9,11-12H2. The molecule has 0 atom stereocenters. The van der Waals surface area contributed by atoms with Crippen LogP contribution in [0.3, 0.4) is 0 Å². The van der Waals surface area contributed by atoms with Crippen molar-refractivity contribution in [1.29, 1.82) is 0 Å². The van der Waals surface area contributed by atoms with Crippen molar-refractivity contribution in [2.45, 2.75) is 38.3 Å². The monoisotopic (exact) mass is 357 g/mol. The van der Waals surface area contributed by atoms with E-state index >= 15 is 0 Å². The lowest BCUT2D eigenvalue weighted by Gasteiger charge is -2.30. The first kappa shape index (κ1) is 17.0. The molecule has 3 amide bonds. The third kappa shape index (κ3) is 3.07. The van der Waals surface area contributed by atoms with Crippen LogP contribution in [0.15, 0.2) is 18.2 Å². The van der Waals surface area contributed by atoms with Gasteiger partial charge in [0.2, 0.25) is 11.8 Å². The fourth-order valence-corrected chi connectivity index (χ4v) is 3.94. The molecule has 3 heterocycles. The van der Waals surface area contributed by atoms with E-state index in [1.54, 1.807) is 20.8 Å². The van der Waals surface area contributed by atoms with Crippen LogP contribution in [0.1, 0.15) is 41.6 Å². The van der Waals surface area contributed by atoms with Crippen LogP contribution in [0.25, 0.3) is 0 Å². The molecule has 4 rings (SSSR count). The highest BCUT2D eigenvalue weighted by atomic mass is 16.3. The second-order valence-corrected chi connectivity index (χ2v) is 7.26. The van der Waals surface area contributed by atoms with Gasteiger partial charge in [0, 0.05) is 43.9 Å². The zero-order valence-corrected chi connectivity index (χ0v) is 14.7. The number of benzene rings is 1. The number of amides is 3. The number of aliphatic hydroxyl groups excluding tert-OH is 1. The lowest BCUT2D eigenvalue weighted by molar-refractivity contribution is -0.133. The van der Waals surface area contributed by atoms with Crippen LogP contribution < -0.4 is 4.90 Å². The van der Waals surface area contributed by atoms with Crippen molar-refractivity contribution in [2.24, 2.45) is 0 Å². The maximum Gasteiger partial charge on any atom is 0.255 e. The van der Waals surface area contributed by atoms with Gasteiger partial charge in [-0.05, 0) is 37.0 Å². The van der Waals surface area contributed by atoms with Crippen molar-refractivity contribution in [3.63, 3.8) is 0 Å². The summed E-state index contributed by atoms with van der Waals surface area (Å²) < 4.78 is 0. The Morgan fingerprint density at radius 2 is 1.92 bits per heavy atom. The van der Waals surface area contributed by atoms with E-state index in [2.05, 4.69) is 0 Å². The zero-order valence-electron chi connectivity index (χ0n) is 14.7. The Hall–Kier alpha value is -2.41. The summed E-state index contributed by atoms with van der Waals surface area (Å²) in [5.41, 5.74) is 2.24. The van der Waals surface area contributed by atoms with Gasteiger partial charge in [-0.1, -0.05) is 6.07 Å². The van der Waals surface area contributed by atoms with E-state index in [4.69, 9.17) is 0 Å². The lowest BCUT2D eigenvalue weighted by atomic mass is 10.1. The van der Waals surface area contributed by atoms with Gasteiger partial charge in [0.25, 0.3) is 5.91 Å². The lowest BCUT2D eigenvalue weighted by Crippen LogP contribution is -2.45. The summed E-state index contributed by atoms with van der Waals surface area (Å²) >= 11 is 0. The first-order valence-corrected chi connectivity index (χ1v) is 9.21. The summed E-state index contributed by atoms with van der Waals surface area (Å²) in [6.07, 6.45) is 2.24. The van der Waals surface area contributed by atoms with Crippen molar-refractivity contribution < 1.29 is 19.5 Å². The van der Waals surface area contributed by atoms with Gasteiger partial charge in [-0.25, -0.2) is 0 Å². The van der Waals surface area contributed by atoms with Crippen molar-refractivity contribution in [3.05, 3.63) is 29.3 Å². The molecular weight excluding hydrogens is 334 g/mol. The summed E-state index contributed by atoms with van der Waals surface area (Å²) in [7, 11) is 0. The van der Waals surface area contributed by atoms with Crippen LogP contribution in [0.4, 0.5) is 5.69 Å². The highest BCUT2D eigenvalue weighted by Gasteiger charge is 2.32. The molecule has 3 aliphatic rings. The average Bonchev–Trinajstić information content (AvgIpc) is 3.19. The van der Waals surface area contributed by atoms with Gasteiger partial charge >= 0.3 is 0 Å². The Morgan fingerprint density at radius 3 is 2.62 bits per heavy atom. The second-order valence-electron chi connectivity index (χ2n) is 7.26. The minimum absolute atomic E-state index is 0.0571. The van der Waals surface area contributed by atoms with Gasteiger partial charge in [-0.2, -0.15) is 0 Å². The van der Waals surface area contributed by atoms with Gasteiger partial charge in [-0.3, -0.25) is 14.4 Å². The summed E-state index contributed by atoms with van der Waals surface area (Å²) in [4.78, 5) is 42.1. The number of fused-ring (bicyclic) bond motifs is 1. The molecule has 1 aromatic carbocycles. The maximum atomic E-state index is 12.7. The summed E-state index contributed by atoms with van der Waals surface area (Å²) in [6, 6.07) is 5.55. The van der Waals surface area contributed by atoms with E-state index in [-0.39, 0.29) is 30.4 Å². The molecule has 0 radical (unpaired) electrons. The molecule has 1 aromatic rings. The quantitative estimate of drug-likeness (QED) is 0.866. The molecule has 7 heteroatoms. The van der Waals surface area contributed by atoms with E-state index in [0.717, 1.165) is 17.7 Å². The van der Waals surface area contributed by atoms with E-state index < -0.39 is 0 Å². The first-order chi connectivity index (χ1) is 12.5. The third-order valence-electron chi connectivity index (χ3n) is 5.50. The summed E-state index contributed by atoms with van der Waals surface area (Å²) in [6.45, 7) is 2.24. The van der Waals surface area contributed by atoms with Crippen molar-refractivity contribution in [1.82, 2.24) is 9.80 Å². The van der Waals surface area contributed by atoms with E-state index in [1.807, 2.05) is 12.1 Å². The summed E-state index contributed by atoms with van der Waals surface area (Å²) in [5, 5.41) is 9.56. The predicted molar refractivity (Wildman–Crippen MR) is 94.6 cm³/mol. The molecule has 2 fully saturated rings. The minimum Gasteiger partial charge on any atom is -0.393 e. The molecule has 0 aliphatic carbocycles. The predicted octanol–water partition coefficient (Wildman–Crippen LogP) is 0.752. The van der Waals surface area contributed by atoms with Crippen LogP contribution in [0.2, 0.25) is 0 Å². The number of hydrogen-bond acceptors (Lipinski definition) is 4. The molecule has 7 nitrogen and oxygen atoms in total. The first-order valence-electron chi connectivity index (χ1n) is 9.21. The number of nitrogens with zero attached hydrogens (tertiary/aromatic N) is 3. The Labute approximate surface area is 152 Å². The number of anilines is 1. The topological polar surface area (TPSA) is 81.2 Å². The fourth-order valence-electron chi connectivity index (χ4n) is 3.94. The molecule has 138 valence electrons. The number of carbonyl (C=O) groups excluding carboxylic acids is 3. The second kappa shape index (κ2) is 6.72. The van der Waals surface area contributed by atoms with E-state index in [1.165, 1.54) is 0 Å². The molecule has 26 heavy (non-hydrogen) atoms. The fraction of sp³-hybridized carbons (Fsp3) is 0.526. The van der Waals surface area contributed by atoms with Crippen LogP contribution >= 0.6 is 0 Å². The Kier molecular flexibility index (Phi) is 4.40. The number of piperidine rings is 1. The molecule has 2 saturated heterocycles. The summed E-state index contributed by atoms with van der Waals surface area (Å²) in [5.74, 6) is -0.137. The maximum absolute atomic E-state index is 12.7. The molecule has 0 bridgehead atoms. The number of rotatable bonds is 3. The zero-order chi connectivity index (χ0) is 18.3. The molecule has 0 spiro atoms. The number of likely N-dealkylation sites (tertiary alicyclic amines) is 1. The van der Waals surface area contributed by atoms with Gasteiger partial charge in [0.05, 0.1) is 6.10 Å². The Bertz CT molecular complexity index is 755. The van der Waals surface area contributed by atoms with Crippen molar-refractivity contribution >= 4 is 23.4 Å². The van der Waals surface area contributed by atoms with Gasteiger partial charge in [-0.15, -0.1) is 0 Å². The van der Waals surface area contributed by atoms with Crippen LogP contribution in [-0.2, 0) is 16.1 Å². The molecule has 3 aliphatic heterocycles. The average molecular weight is 357 g/mol. The van der Waals surface area contributed by atoms with Gasteiger partial charge in [0.1, 0.15) is 6.54 Å². The van der Waals surface area contributed by atoms with Crippen LogP contribution in [0, 0.1) is 0 Å². The van der Waals surface area contributed by atoms with Crippen LogP contribution in [-0.4, -0.2) is 64.9 Å². The van der Waals surface area contributed by atoms with Crippen molar-refractivity contribution in [2.75, 3.05) is 31.1 Å². The normalized spacial score (nSPS) is 20.9. The SMILES string of the molecule is O=C(CN1Cc2ccc(N3CCCC3=O)cc2C1=O)N1CCC(O)CC1. The molecular formula is C19H23N3O4. The molecule has 1 N–H and O–H groups in total. The van der Waals surface area contributed by atoms with Crippen molar-refractivity contribution in [3.8, 4) is 0 Å². The van der Waals surface area contributed by atoms with Gasteiger partial charge in [0.15, 0.2) is 0 Å². The van der Waals surface area contributed by atoms with E-state index in [0.29, 0.717) is 51.0 Å².